The quantitative estimate of drug-likeness (QED) is 0.481. The van der Waals surface area contributed by atoms with E-state index in [0.717, 1.165) is 0 Å². The second kappa shape index (κ2) is 5.20. The van der Waals surface area contributed by atoms with Crippen LogP contribution >= 0.6 is 23.2 Å². The Bertz CT molecular complexity index is 623. The molecule has 1 aromatic carbocycles. The minimum Gasteiger partial charge on any atom is -0.400 e. The zero-order valence-corrected chi connectivity index (χ0v) is 10.4. The molecule has 2 rings (SSSR count). The van der Waals surface area contributed by atoms with Crippen molar-refractivity contribution < 1.29 is 9.34 Å². The number of nitrogens with zero attached hydrogens (tertiary/aromatic N) is 2. The fourth-order valence-corrected chi connectivity index (χ4v) is 1.69. The zero-order valence-electron chi connectivity index (χ0n) is 8.84. The Labute approximate surface area is 112 Å². The van der Waals surface area contributed by atoms with Crippen LogP contribution in [0, 0.1) is 10.1 Å². The molecule has 0 spiro atoms. The molecule has 92 valence electrons. The van der Waals surface area contributed by atoms with Crippen LogP contribution in [0.5, 0.6) is 0 Å². The topological polar surface area (TPSA) is 68.6 Å². The maximum atomic E-state index is 10.4. The van der Waals surface area contributed by atoms with E-state index in [1.54, 1.807) is 18.2 Å². The first-order chi connectivity index (χ1) is 8.56. The number of rotatable bonds is 3. The van der Waals surface area contributed by atoms with Crippen molar-refractivity contribution in [1.29, 1.82) is 0 Å². The number of hydrogen-bond acceptors (Lipinski definition) is 4. The van der Waals surface area contributed by atoms with Crippen LogP contribution in [-0.2, 0) is 0 Å². The molecular weight excluding hydrogens is 279 g/mol. The smallest absolute Gasteiger partial charge is 0.400 e. The Morgan fingerprint density at radius 2 is 2.06 bits per heavy atom. The molecule has 2 aromatic rings. The third kappa shape index (κ3) is 2.88. The molecule has 0 bridgehead atoms. The minimum atomic E-state index is -0.618. The van der Waals surface area contributed by atoms with Crippen LogP contribution in [-0.4, -0.2) is 11.1 Å². The number of halogens is 2. The van der Waals surface area contributed by atoms with E-state index in [-0.39, 0.29) is 11.6 Å². The number of furan rings is 1. The SMILES string of the molecule is O=[N+]([O-])c1ccc(C=Nc2ccc(Cl)cc2Cl)o1. The summed E-state index contributed by atoms with van der Waals surface area (Å²) >= 11 is 11.7. The van der Waals surface area contributed by atoms with Gasteiger partial charge in [-0.1, -0.05) is 23.2 Å². The molecule has 1 heterocycles. The van der Waals surface area contributed by atoms with E-state index in [1.165, 1.54) is 18.3 Å². The highest BCUT2D eigenvalue weighted by Gasteiger charge is 2.10. The lowest BCUT2D eigenvalue weighted by Gasteiger charge is -1.97. The maximum Gasteiger partial charge on any atom is 0.433 e. The normalized spacial score (nSPS) is 11.0. The standard InChI is InChI=1S/C11H6Cl2N2O3/c12-7-1-3-10(9(13)5-7)14-6-8-2-4-11(18-8)15(16)17/h1-6H. The molecule has 7 heteroatoms. The minimum absolute atomic E-state index is 0.271. The van der Waals surface area contributed by atoms with E-state index >= 15 is 0 Å². The van der Waals surface area contributed by atoms with Gasteiger partial charge in [-0.3, -0.25) is 15.1 Å². The molecule has 0 aliphatic carbocycles. The first-order valence-corrected chi connectivity index (χ1v) is 5.55. The van der Waals surface area contributed by atoms with Gasteiger partial charge in [0, 0.05) is 5.02 Å². The fraction of sp³-hybridized carbons (Fsp3) is 0. The second-order valence-corrected chi connectivity index (χ2v) is 4.13. The lowest BCUT2D eigenvalue weighted by Crippen LogP contribution is -1.83. The Hall–Kier alpha value is -1.85. The summed E-state index contributed by atoms with van der Waals surface area (Å²) in [5.74, 6) is -0.0635. The van der Waals surface area contributed by atoms with Gasteiger partial charge in [-0.25, -0.2) is 0 Å². The van der Waals surface area contributed by atoms with Crippen molar-refractivity contribution in [3.05, 3.63) is 56.3 Å². The van der Waals surface area contributed by atoms with Gasteiger partial charge in [-0.05, 0) is 24.3 Å². The van der Waals surface area contributed by atoms with Crippen molar-refractivity contribution in [2.45, 2.75) is 0 Å². The molecule has 0 aliphatic rings. The summed E-state index contributed by atoms with van der Waals surface area (Å²) in [6, 6.07) is 7.54. The lowest BCUT2D eigenvalue weighted by atomic mass is 10.3. The Balaban J connectivity index is 2.21. The monoisotopic (exact) mass is 284 g/mol. The van der Waals surface area contributed by atoms with Gasteiger partial charge in [0.2, 0.25) is 0 Å². The van der Waals surface area contributed by atoms with Crippen molar-refractivity contribution in [3.8, 4) is 0 Å². The Kier molecular flexibility index (Phi) is 3.64. The van der Waals surface area contributed by atoms with Crippen LogP contribution in [0.2, 0.25) is 10.0 Å². The predicted molar refractivity (Wildman–Crippen MR) is 69.1 cm³/mol. The van der Waals surface area contributed by atoms with Crippen LogP contribution in [0.3, 0.4) is 0 Å². The third-order valence-electron chi connectivity index (χ3n) is 2.03. The fourth-order valence-electron chi connectivity index (χ4n) is 1.23. The highest BCUT2D eigenvalue weighted by Crippen LogP contribution is 2.27. The van der Waals surface area contributed by atoms with E-state index in [1.807, 2.05) is 0 Å². The molecule has 0 atom stereocenters. The highest BCUT2D eigenvalue weighted by atomic mass is 35.5. The van der Waals surface area contributed by atoms with Crippen LogP contribution in [0.25, 0.3) is 0 Å². The van der Waals surface area contributed by atoms with E-state index in [4.69, 9.17) is 27.6 Å². The van der Waals surface area contributed by atoms with Gasteiger partial charge >= 0.3 is 5.88 Å². The van der Waals surface area contributed by atoms with Crippen molar-refractivity contribution in [1.82, 2.24) is 0 Å². The third-order valence-corrected chi connectivity index (χ3v) is 2.57. The molecule has 1 aromatic heterocycles. The summed E-state index contributed by atoms with van der Waals surface area (Å²) in [4.78, 5) is 13.9. The molecule has 0 saturated heterocycles. The molecule has 0 aliphatic heterocycles. The molecule has 0 fully saturated rings. The van der Waals surface area contributed by atoms with Crippen molar-refractivity contribution in [3.63, 3.8) is 0 Å². The summed E-state index contributed by atoms with van der Waals surface area (Å²) in [6.45, 7) is 0. The van der Waals surface area contributed by atoms with Gasteiger partial charge in [-0.15, -0.1) is 0 Å². The van der Waals surface area contributed by atoms with Gasteiger partial charge in [0.15, 0.2) is 5.76 Å². The van der Waals surface area contributed by atoms with Crippen LogP contribution < -0.4 is 0 Å². The number of aliphatic imine (C=N–C) groups is 1. The van der Waals surface area contributed by atoms with Gasteiger partial charge in [0.25, 0.3) is 0 Å². The predicted octanol–water partition coefficient (Wildman–Crippen LogP) is 4.25. The van der Waals surface area contributed by atoms with Gasteiger partial charge in [0.1, 0.15) is 4.92 Å². The molecule has 0 N–H and O–H groups in total. The summed E-state index contributed by atoms with van der Waals surface area (Å²) in [7, 11) is 0. The maximum absolute atomic E-state index is 10.4. The Morgan fingerprint density at radius 3 is 2.67 bits per heavy atom. The first-order valence-electron chi connectivity index (χ1n) is 4.79. The van der Waals surface area contributed by atoms with Crippen LogP contribution in [0.4, 0.5) is 11.6 Å². The highest BCUT2D eigenvalue weighted by molar-refractivity contribution is 6.36. The average Bonchev–Trinajstić information content (AvgIpc) is 2.76. The summed E-state index contributed by atoms with van der Waals surface area (Å²) in [5.41, 5.74) is 0.500. The number of nitro groups is 1. The molecule has 0 saturated carbocycles. The van der Waals surface area contributed by atoms with Gasteiger partial charge in [-0.2, -0.15) is 0 Å². The first kappa shape index (κ1) is 12.6. The van der Waals surface area contributed by atoms with Crippen LogP contribution in [0.15, 0.2) is 39.7 Å². The summed E-state index contributed by atoms with van der Waals surface area (Å²) in [5, 5.41) is 11.3. The zero-order chi connectivity index (χ0) is 13.1. The van der Waals surface area contributed by atoms with Gasteiger partial charge < -0.3 is 4.42 Å². The number of benzene rings is 1. The summed E-state index contributed by atoms with van der Waals surface area (Å²) < 4.78 is 4.91. The molecule has 0 unspecified atom stereocenters. The molecule has 18 heavy (non-hydrogen) atoms. The summed E-state index contributed by atoms with van der Waals surface area (Å²) in [6.07, 6.45) is 1.35. The van der Waals surface area contributed by atoms with E-state index in [9.17, 15) is 10.1 Å². The largest absolute Gasteiger partial charge is 0.433 e. The van der Waals surface area contributed by atoms with Gasteiger partial charge in [0.05, 0.1) is 23.0 Å². The molecule has 0 radical (unpaired) electrons. The number of hydrogen-bond donors (Lipinski definition) is 0. The van der Waals surface area contributed by atoms with Crippen molar-refractivity contribution >= 4 is 41.0 Å². The average molecular weight is 285 g/mol. The molecule has 0 amide bonds. The second-order valence-electron chi connectivity index (χ2n) is 3.29. The van der Waals surface area contributed by atoms with E-state index in [2.05, 4.69) is 4.99 Å². The van der Waals surface area contributed by atoms with Crippen molar-refractivity contribution in [2.24, 2.45) is 4.99 Å². The van der Waals surface area contributed by atoms with E-state index < -0.39 is 4.92 Å². The van der Waals surface area contributed by atoms with Crippen LogP contribution in [0.1, 0.15) is 5.76 Å². The lowest BCUT2D eigenvalue weighted by molar-refractivity contribution is -0.402. The molecule has 5 nitrogen and oxygen atoms in total. The Morgan fingerprint density at radius 1 is 1.28 bits per heavy atom. The van der Waals surface area contributed by atoms with E-state index in [0.29, 0.717) is 15.7 Å². The van der Waals surface area contributed by atoms with Crippen molar-refractivity contribution in [2.75, 3.05) is 0 Å². The molecular formula is C11H6Cl2N2O3.